The smallest absolute Gasteiger partial charge is 0.300 e. The highest BCUT2D eigenvalue weighted by molar-refractivity contribution is 5.98. The van der Waals surface area contributed by atoms with Crippen LogP contribution in [0, 0.1) is 16.0 Å². The van der Waals surface area contributed by atoms with Crippen LogP contribution in [0.4, 0.5) is 11.5 Å². The molecule has 1 heterocycles. The Labute approximate surface area is 116 Å². The van der Waals surface area contributed by atoms with Gasteiger partial charge in [0.1, 0.15) is 17.6 Å². The van der Waals surface area contributed by atoms with E-state index in [1.54, 1.807) is 7.05 Å². The maximum Gasteiger partial charge on any atom is 0.300 e. The van der Waals surface area contributed by atoms with Crippen LogP contribution in [0.1, 0.15) is 36.5 Å². The van der Waals surface area contributed by atoms with Crippen molar-refractivity contribution in [3.63, 3.8) is 0 Å². The van der Waals surface area contributed by atoms with Gasteiger partial charge in [0.05, 0.1) is 4.92 Å². The first-order valence-corrected chi connectivity index (χ1v) is 6.64. The zero-order valence-corrected chi connectivity index (χ0v) is 11.5. The average Bonchev–Trinajstić information content (AvgIpc) is 3.21. The molecule has 1 saturated carbocycles. The molecule has 0 aliphatic heterocycles. The van der Waals surface area contributed by atoms with E-state index >= 15 is 0 Å². The van der Waals surface area contributed by atoms with Crippen molar-refractivity contribution in [1.82, 2.24) is 10.3 Å². The van der Waals surface area contributed by atoms with Crippen molar-refractivity contribution >= 4 is 17.4 Å². The average molecular weight is 278 g/mol. The summed E-state index contributed by atoms with van der Waals surface area (Å²) in [6.45, 7) is 1.92. The number of carbonyl (C=O) groups is 1. The monoisotopic (exact) mass is 278 g/mol. The standard InChI is InChI=1S/C13H18N4O3/c1-8(5-9-3-4-9)16-13(18)10-6-12(14-2)15-7-11(10)17(19)20/h6-9H,3-5H2,1-2H3,(H,14,15)(H,16,18). The molecule has 20 heavy (non-hydrogen) atoms. The van der Waals surface area contributed by atoms with Crippen molar-refractivity contribution in [3.8, 4) is 0 Å². The van der Waals surface area contributed by atoms with Crippen LogP contribution in [0.25, 0.3) is 0 Å². The fourth-order valence-electron chi connectivity index (χ4n) is 2.13. The molecular formula is C13H18N4O3. The molecule has 1 unspecified atom stereocenters. The first kappa shape index (κ1) is 14.2. The quantitative estimate of drug-likeness (QED) is 0.612. The molecule has 2 rings (SSSR count). The number of hydrogen-bond acceptors (Lipinski definition) is 5. The molecule has 0 saturated heterocycles. The number of rotatable bonds is 6. The molecule has 0 radical (unpaired) electrons. The van der Waals surface area contributed by atoms with E-state index in [4.69, 9.17) is 0 Å². The molecule has 0 spiro atoms. The molecule has 2 N–H and O–H groups in total. The Balaban J connectivity index is 2.15. The zero-order chi connectivity index (χ0) is 14.7. The SMILES string of the molecule is CNc1cc(C(=O)NC(C)CC2CC2)c([N+](=O)[O-])cn1. The highest BCUT2D eigenvalue weighted by Gasteiger charge is 2.26. The van der Waals surface area contributed by atoms with E-state index in [2.05, 4.69) is 15.6 Å². The number of nitrogens with zero attached hydrogens (tertiary/aromatic N) is 2. The summed E-state index contributed by atoms with van der Waals surface area (Å²) in [6, 6.07) is 1.41. The Kier molecular flexibility index (Phi) is 4.16. The minimum Gasteiger partial charge on any atom is -0.373 e. The lowest BCUT2D eigenvalue weighted by Crippen LogP contribution is -2.33. The molecule has 108 valence electrons. The van der Waals surface area contributed by atoms with Gasteiger partial charge in [-0.2, -0.15) is 0 Å². The van der Waals surface area contributed by atoms with Crippen molar-refractivity contribution in [2.24, 2.45) is 5.92 Å². The lowest BCUT2D eigenvalue weighted by Gasteiger charge is -2.13. The van der Waals surface area contributed by atoms with Crippen LogP contribution in [0.15, 0.2) is 12.3 Å². The molecular weight excluding hydrogens is 260 g/mol. The topological polar surface area (TPSA) is 97.2 Å². The van der Waals surface area contributed by atoms with Gasteiger partial charge in [0.2, 0.25) is 0 Å². The summed E-state index contributed by atoms with van der Waals surface area (Å²) in [6.07, 6.45) is 4.44. The van der Waals surface area contributed by atoms with Crippen LogP contribution in [0.5, 0.6) is 0 Å². The summed E-state index contributed by atoms with van der Waals surface area (Å²) in [5.41, 5.74) is -0.239. The van der Waals surface area contributed by atoms with Crippen LogP contribution in [0.3, 0.4) is 0 Å². The van der Waals surface area contributed by atoms with Crippen molar-refractivity contribution in [1.29, 1.82) is 0 Å². The van der Waals surface area contributed by atoms with Crippen LogP contribution in [0.2, 0.25) is 0 Å². The fourth-order valence-corrected chi connectivity index (χ4v) is 2.13. The minimum absolute atomic E-state index is 0.0146. The Morgan fingerprint density at radius 3 is 2.85 bits per heavy atom. The van der Waals surface area contributed by atoms with E-state index in [-0.39, 0.29) is 17.3 Å². The third kappa shape index (κ3) is 3.43. The van der Waals surface area contributed by atoms with Gasteiger partial charge in [0, 0.05) is 19.2 Å². The third-order valence-corrected chi connectivity index (χ3v) is 3.34. The number of nitro groups is 1. The summed E-state index contributed by atoms with van der Waals surface area (Å²) < 4.78 is 0. The van der Waals surface area contributed by atoms with E-state index in [1.807, 2.05) is 6.92 Å². The summed E-state index contributed by atoms with van der Waals surface area (Å²) in [5, 5.41) is 16.5. The number of hydrogen-bond donors (Lipinski definition) is 2. The molecule has 1 aromatic heterocycles. The van der Waals surface area contributed by atoms with Gasteiger partial charge in [-0.3, -0.25) is 14.9 Å². The van der Waals surface area contributed by atoms with Gasteiger partial charge in [-0.15, -0.1) is 0 Å². The highest BCUT2D eigenvalue weighted by Crippen LogP contribution is 2.33. The van der Waals surface area contributed by atoms with Crippen LogP contribution < -0.4 is 10.6 Å². The van der Waals surface area contributed by atoms with Crippen molar-refractivity contribution < 1.29 is 9.72 Å². The van der Waals surface area contributed by atoms with Gasteiger partial charge in [0.25, 0.3) is 11.6 Å². The summed E-state index contributed by atoms with van der Waals surface area (Å²) >= 11 is 0. The Morgan fingerprint density at radius 2 is 2.30 bits per heavy atom. The third-order valence-electron chi connectivity index (χ3n) is 3.34. The summed E-state index contributed by atoms with van der Waals surface area (Å²) in [7, 11) is 1.64. The maximum atomic E-state index is 12.2. The molecule has 7 heteroatoms. The molecule has 0 aromatic carbocycles. The molecule has 0 bridgehead atoms. The minimum atomic E-state index is -0.590. The molecule has 1 aliphatic rings. The van der Waals surface area contributed by atoms with Gasteiger partial charge >= 0.3 is 0 Å². The molecule has 1 amide bonds. The Hall–Kier alpha value is -2.18. The second kappa shape index (κ2) is 5.85. The normalized spacial score (nSPS) is 15.5. The molecule has 7 nitrogen and oxygen atoms in total. The zero-order valence-electron chi connectivity index (χ0n) is 11.5. The predicted molar refractivity (Wildman–Crippen MR) is 74.7 cm³/mol. The van der Waals surface area contributed by atoms with E-state index in [0.29, 0.717) is 11.7 Å². The summed E-state index contributed by atoms with van der Waals surface area (Å²) in [4.78, 5) is 26.4. The Morgan fingerprint density at radius 1 is 1.60 bits per heavy atom. The number of pyridine rings is 1. The van der Waals surface area contributed by atoms with Gasteiger partial charge in [-0.1, -0.05) is 12.8 Å². The molecule has 1 atom stereocenters. The number of aromatic nitrogens is 1. The van der Waals surface area contributed by atoms with Crippen molar-refractivity contribution in [3.05, 3.63) is 27.9 Å². The predicted octanol–water partition coefficient (Wildman–Crippen LogP) is 1.95. The molecule has 1 aliphatic carbocycles. The van der Waals surface area contributed by atoms with Crippen molar-refractivity contribution in [2.75, 3.05) is 12.4 Å². The second-order valence-electron chi connectivity index (χ2n) is 5.15. The fraction of sp³-hybridized carbons (Fsp3) is 0.538. The van der Waals surface area contributed by atoms with Crippen LogP contribution in [-0.2, 0) is 0 Å². The van der Waals surface area contributed by atoms with Gasteiger partial charge in [-0.25, -0.2) is 4.98 Å². The molecule has 1 fully saturated rings. The van der Waals surface area contributed by atoms with Gasteiger partial charge in [0.15, 0.2) is 0 Å². The number of nitrogens with one attached hydrogen (secondary N) is 2. The number of anilines is 1. The first-order valence-electron chi connectivity index (χ1n) is 6.64. The van der Waals surface area contributed by atoms with Crippen LogP contribution in [-0.4, -0.2) is 28.9 Å². The van der Waals surface area contributed by atoms with E-state index in [9.17, 15) is 14.9 Å². The molecule has 1 aromatic rings. The number of carbonyl (C=O) groups excluding carboxylic acids is 1. The van der Waals surface area contributed by atoms with E-state index in [0.717, 1.165) is 12.6 Å². The first-order chi connectivity index (χ1) is 9.51. The van der Waals surface area contributed by atoms with Gasteiger partial charge in [-0.05, 0) is 19.3 Å². The lowest BCUT2D eigenvalue weighted by molar-refractivity contribution is -0.385. The maximum absolute atomic E-state index is 12.2. The van der Waals surface area contributed by atoms with Gasteiger partial charge < -0.3 is 10.6 Å². The Bertz CT molecular complexity index is 528. The van der Waals surface area contributed by atoms with E-state index < -0.39 is 10.8 Å². The van der Waals surface area contributed by atoms with E-state index in [1.165, 1.54) is 18.9 Å². The van der Waals surface area contributed by atoms with Crippen LogP contribution >= 0.6 is 0 Å². The highest BCUT2D eigenvalue weighted by atomic mass is 16.6. The lowest BCUT2D eigenvalue weighted by atomic mass is 10.1. The second-order valence-corrected chi connectivity index (χ2v) is 5.15. The van der Waals surface area contributed by atoms with Crippen molar-refractivity contribution in [2.45, 2.75) is 32.2 Å². The summed E-state index contributed by atoms with van der Waals surface area (Å²) in [5.74, 6) is 0.685. The number of amides is 1. The largest absolute Gasteiger partial charge is 0.373 e.